The molecule has 1 saturated carbocycles. The maximum atomic E-state index is 9.80. The Morgan fingerprint density at radius 1 is 1.62 bits per heavy atom. The third-order valence-electron chi connectivity index (χ3n) is 2.46. The van der Waals surface area contributed by atoms with Crippen molar-refractivity contribution in [1.29, 1.82) is 0 Å². The number of aliphatic hydroxyl groups excluding tert-OH is 1. The van der Waals surface area contributed by atoms with E-state index >= 15 is 0 Å². The summed E-state index contributed by atoms with van der Waals surface area (Å²) in [4.78, 5) is 1.09. The van der Waals surface area contributed by atoms with Crippen LogP contribution in [0.2, 0.25) is 0 Å². The molecule has 3 heteroatoms. The second-order valence-electron chi connectivity index (χ2n) is 3.70. The molecule has 0 saturated heterocycles. The number of halogens is 1. The molecule has 0 bridgehead atoms. The number of hydrogen-bond donors (Lipinski definition) is 1. The van der Waals surface area contributed by atoms with Crippen LogP contribution in [-0.4, -0.2) is 5.11 Å². The monoisotopic (exact) mass is 260 g/mol. The molecule has 1 atom stereocenters. The van der Waals surface area contributed by atoms with Gasteiger partial charge in [-0.2, -0.15) is 0 Å². The zero-order chi connectivity index (χ0) is 9.26. The molecule has 1 aromatic rings. The van der Waals surface area contributed by atoms with Gasteiger partial charge in [-0.05, 0) is 40.8 Å². The summed E-state index contributed by atoms with van der Waals surface area (Å²) in [6, 6.07) is 2.02. The zero-order valence-corrected chi connectivity index (χ0v) is 9.77. The fourth-order valence-electron chi connectivity index (χ4n) is 1.45. The molecular weight excluding hydrogens is 248 g/mol. The lowest BCUT2D eigenvalue weighted by molar-refractivity contribution is 0.166. The van der Waals surface area contributed by atoms with E-state index in [0.717, 1.165) is 21.7 Å². The topological polar surface area (TPSA) is 20.2 Å². The van der Waals surface area contributed by atoms with Crippen molar-refractivity contribution in [1.82, 2.24) is 0 Å². The van der Waals surface area contributed by atoms with Crippen molar-refractivity contribution in [2.75, 3.05) is 0 Å². The average molecular weight is 261 g/mol. The van der Waals surface area contributed by atoms with Crippen LogP contribution >= 0.6 is 27.3 Å². The predicted molar refractivity (Wildman–Crippen MR) is 58.9 cm³/mol. The predicted octanol–water partition coefficient (Wildman–Crippen LogP) is 3.73. The Balaban J connectivity index is 1.84. The van der Waals surface area contributed by atoms with Crippen molar-refractivity contribution < 1.29 is 5.11 Å². The van der Waals surface area contributed by atoms with Crippen molar-refractivity contribution in [3.05, 3.63) is 20.8 Å². The van der Waals surface area contributed by atoms with Crippen LogP contribution in [0.15, 0.2) is 15.9 Å². The van der Waals surface area contributed by atoms with Crippen molar-refractivity contribution in [3.8, 4) is 0 Å². The number of thiophene rings is 1. The minimum Gasteiger partial charge on any atom is -0.388 e. The van der Waals surface area contributed by atoms with Gasteiger partial charge in [0.15, 0.2) is 0 Å². The highest BCUT2D eigenvalue weighted by atomic mass is 79.9. The lowest BCUT2D eigenvalue weighted by atomic mass is 10.1. The molecule has 0 aromatic carbocycles. The van der Waals surface area contributed by atoms with Gasteiger partial charge in [0.2, 0.25) is 0 Å². The smallest absolute Gasteiger partial charge is 0.0882 e. The zero-order valence-electron chi connectivity index (χ0n) is 7.37. The summed E-state index contributed by atoms with van der Waals surface area (Å²) < 4.78 is 1.08. The number of rotatable bonds is 4. The second-order valence-corrected chi connectivity index (χ2v) is 5.56. The molecule has 1 fully saturated rings. The Bertz CT molecular complexity index is 280. The van der Waals surface area contributed by atoms with Crippen molar-refractivity contribution in [2.24, 2.45) is 5.92 Å². The highest BCUT2D eigenvalue weighted by Crippen LogP contribution is 2.37. The molecule has 1 aromatic heterocycles. The summed E-state index contributed by atoms with van der Waals surface area (Å²) in [7, 11) is 0. The molecular formula is C10H13BrOS. The standard InChI is InChI=1S/C10H13BrOS/c11-8-5-10(13-6-8)9(12)4-3-7-1-2-7/h5-7,9,12H,1-4H2. The van der Waals surface area contributed by atoms with Crippen LogP contribution in [0.25, 0.3) is 0 Å². The Morgan fingerprint density at radius 2 is 2.38 bits per heavy atom. The number of hydrogen-bond acceptors (Lipinski definition) is 2. The minimum absolute atomic E-state index is 0.239. The van der Waals surface area contributed by atoms with E-state index in [0.29, 0.717) is 0 Å². The van der Waals surface area contributed by atoms with E-state index in [1.165, 1.54) is 19.3 Å². The minimum atomic E-state index is -0.239. The van der Waals surface area contributed by atoms with E-state index in [-0.39, 0.29) is 6.10 Å². The fraction of sp³-hybridized carbons (Fsp3) is 0.600. The van der Waals surface area contributed by atoms with Crippen LogP contribution in [0.5, 0.6) is 0 Å². The summed E-state index contributed by atoms with van der Waals surface area (Å²) in [6.45, 7) is 0. The molecule has 0 spiro atoms. The molecule has 0 amide bonds. The Morgan fingerprint density at radius 3 is 2.92 bits per heavy atom. The third kappa shape index (κ3) is 2.79. The van der Waals surface area contributed by atoms with Crippen LogP contribution in [0.4, 0.5) is 0 Å². The summed E-state index contributed by atoms with van der Waals surface area (Å²) in [5.41, 5.74) is 0. The lowest BCUT2D eigenvalue weighted by Gasteiger charge is -2.06. The molecule has 0 radical (unpaired) electrons. The normalized spacial score (nSPS) is 18.9. The molecule has 13 heavy (non-hydrogen) atoms. The Hall–Kier alpha value is 0.140. The summed E-state index contributed by atoms with van der Waals surface area (Å²) in [5, 5.41) is 11.8. The van der Waals surface area contributed by atoms with E-state index in [1.807, 2.05) is 11.4 Å². The maximum absolute atomic E-state index is 9.80. The van der Waals surface area contributed by atoms with E-state index < -0.39 is 0 Å². The van der Waals surface area contributed by atoms with Gasteiger partial charge in [0, 0.05) is 14.7 Å². The largest absolute Gasteiger partial charge is 0.388 e. The first kappa shape index (κ1) is 9.69. The molecule has 1 nitrogen and oxygen atoms in total. The highest BCUT2D eigenvalue weighted by Gasteiger charge is 2.22. The van der Waals surface area contributed by atoms with E-state index in [1.54, 1.807) is 11.3 Å². The molecule has 72 valence electrons. The fourth-order valence-corrected chi connectivity index (χ4v) is 2.91. The summed E-state index contributed by atoms with van der Waals surface area (Å²) in [6.07, 6.45) is 4.63. The maximum Gasteiger partial charge on any atom is 0.0882 e. The molecule has 1 aliphatic carbocycles. The van der Waals surface area contributed by atoms with Crippen LogP contribution in [0, 0.1) is 5.92 Å². The molecule has 0 aliphatic heterocycles. The van der Waals surface area contributed by atoms with Gasteiger partial charge in [0.25, 0.3) is 0 Å². The van der Waals surface area contributed by atoms with E-state index in [4.69, 9.17) is 0 Å². The molecule has 2 rings (SSSR count). The van der Waals surface area contributed by atoms with Crippen LogP contribution in [0.1, 0.15) is 36.7 Å². The van der Waals surface area contributed by atoms with Gasteiger partial charge in [-0.1, -0.05) is 12.8 Å². The Kier molecular flexibility index (Phi) is 3.06. The van der Waals surface area contributed by atoms with Crippen molar-refractivity contribution >= 4 is 27.3 Å². The van der Waals surface area contributed by atoms with Crippen LogP contribution < -0.4 is 0 Å². The average Bonchev–Trinajstić information content (AvgIpc) is 2.84. The number of aliphatic hydroxyl groups is 1. The van der Waals surface area contributed by atoms with Gasteiger partial charge in [0.1, 0.15) is 0 Å². The molecule has 1 unspecified atom stereocenters. The van der Waals surface area contributed by atoms with E-state index in [2.05, 4.69) is 15.9 Å². The quantitative estimate of drug-likeness (QED) is 0.875. The van der Waals surface area contributed by atoms with Gasteiger partial charge in [-0.3, -0.25) is 0 Å². The second kappa shape index (κ2) is 4.11. The third-order valence-corrected chi connectivity index (χ3v) is 4.26. The van der Waals surface area contributed by atoms with Gasteiger partial charge in [-0.25, -0.2) is 0 Å². The first-order valence-corrected chi connectivity index (χ1v) is 6.35. The van der Waals surface area contributed by atoms with Crippen molar-refractivity contribution in [3.63, 3.8) is 0 Å². The van der Waals surface area contributed by atoms with Gasteiger partial charge < -0.3 is 5.11 Å². The van der Waals surface area contributed by atoms with Gasteiger partial charge in [-0.15, -0.1) is 11.3 Å². The van der Waals surface area contributed by atoms with Crippen LogP contribution in [0.3, 0.4) is 0 Å². The highest BCUT2D eigenvalue weighted by molar-refractivity contribution is 9.10. The molecule has 1 heterocycles. The molecule has 1 N–H and O–H groups in total. The van der Waals surface area contributed by atoms with E-state index in [9.17, 15) is 5.11 Å². The lowest BCUT2D eigenvalue weighted by Crippen LogP contribution is -1.94. The van der Waals surface area contributed by atoms with Gasteiger partial charge in [0.05, 0.1) is 6.10 Å². The first-order valence-electron chi connectivity index (χ1n) is 4.67. The van der Waals surface area contributed by atoms with Gasteiger partial charge >= 0.3 is 0 Å². The summed E-state index contributed by atoms with van der Waals surface area (Å²) >= 11 is 5.02. The summed E-state index contributed by atoms with van der Waals surface area (Å²) in [5.74, 6) is 0.915. The van der Waals surface area contributed by atoms with Crippen LogP contribution in [-0.2, 0) is 0 Å². The first-order chi connectivity index (χ1) is 6.25. The SMILES string of the molecule is OC(CCC1CC1)c1cc(Br)cs1. The molecule has 1 aliphatic rings. The Labute approximate surface area is 90.9 Å². The van der Waals surface area contributed by atoms with Crippen molar-refractivity contribution in [2.45, 2.75) is 31.8 Å².